The second kappa shape index (κ2) is 7.25. The van der Waals surface area contributed by atoms with Crippen LogP contribution in [0.3, 0.4) is 0 Å². The van der Waals surface area contributed by atoms with E-state index in [1.165, 1.54) is 0 Å². The van der Waals surface area contributed by atoms with Gasteiger partial charge in [0.2, 0.25) is 5.91 Å². The average Bonchev–Trinajstić information content (AvgIpc) is 3.08. The van der Waals surface area contributed by atoms with Gasteiger partial charge in [-0.25, -0.2) is 0 Å². The second-order valence-electron chi connectivity index (χ2n) is 7.22. The van der Waals surface area contributed by atoms with Gasteiger partial charge in [-0.3, -0.25) is 4.79 Å². The van der Waals surface area contributed by atoms with E-state index in [0.717, 1.165) is 5.56 Å². The number of benzene rings is 1. The van der Waals surface area contributed by atoms with Crippen LogP contribution in [-0.2, 0) is 19.0 Å². The fourth-order valence-electron chi connectivity index (χ4n) is 3.58. The third-order valence-corrected chi connectivity index (χ3v) is 4.84. The number of ether oxygens (including phenoxy) is 3. The molecule has 1 aromatic carbocycles. The number of carbonyl (C=O) groups is 1. The van der Waals surface area contributed by atoms with Crippen molar-refractivity contribution in [3.63, 3.8) is 0 Å². The van der Waals surface area contributed by atoms with Crippen LogP contribution in [0.1, 0.15) is 32.3 Å². The summed E-state index contributed by atoms with van der Waals surface area (Å²) in [6.45, 7) is 6.22. The first-order chi connectivity index (χ1) is 12.4. The van der Waals surface area contributed by atoms with E-state index in [9.17, 15) is 4.79 Å². The molecule has 3 rings (SSSR count). The van der Waals surface area contributed by atoms with E-state index in [2.05, 4.69) is 15.3 Å². The fraction of sp³-hybridized carbons (Fsp3) is 0.611. The molecule has 0 aliphatic carbocycles. The summed E-state index contributed by atoms with van der Waals surface area (Å²) in [4.78, 5) is 15.4. The van der Waals surface area contributed by atoms with E-state index < -0.39 is 23.6 Å². The molecule has 0 spiro atoms. The van der Waals surface area contributed by atoms with Crippen molar-refractivity contribution >= 4 is 5.91 Å². The minimum Gasteiger partial charge on any atom is -0.372 e. The highest BCUT2D eigenvalue weighted by Crippen LogP contribution is 2.43. The Balaban J connectivity index is 1.69. The lowest BCUT2D eigenvalue weighted by Gasteiger charge is -2.28. The van der Waals surface area contributed by atoms with Crippen LogP contribution < -0.4 is 5.32 Å². The number of nitrogens with one attached hydrogen (secondary N) is 1. The van der Waals surface area contributed by atoms with Crippen LogP contribution in [0.2, 0.25) is 0 Å². The molecule has 2 heterocycles. The van der Waals surface area contributed by atoms with Gasteiger partial charge in [0.25, 0.3) is 0 Å². The van der Waals surface area contributed by atoms with Crippen LogP contribution in [0.4, 0.5) is 0 Å². The molecule has 8 heteroatoms. The van der Waals surface area contributed by atoms with Crippen LogP contribution >= 0.6 is 0 Å². The van der Waals surface area contributed by atoms with Gasteiger partial charge >= 0.3 is 0 Å². The van der Waals surface area contributed by atoms with Crippen LogP contribution in [0, 0.1) is 0 Å². The molecule has 0 saturated carbocycles. The first kappa shape index (κ1) is 18.7. The van der Waals surface area contributed by atoms with Crippen molar-refractivity contribution in [3.05, 3.63) is 46.3 Å². The molecule has 26 heavy (non-hydrogen) atoms. The molecule has 2 fully saturated rings. The summed E-state index contributed by atoms with van der Waals surface area (Å²) < 4.78 is 17.8. The molecule has 2 aliphatic rings. The molecule has 1 aromatic rings. The molecule has 2 aliphatic heterocycles. The van der Waals surface area contributed by atoms with Gasteiger partial charge in [0, 0.05) is 4.91 Å². The van der Waals surface area contributed by atoms with Crippen molar-refractivity contribution in [1.82, 2.24) is 5.32 Å². The number of azide groups is 1. The van der Waals surface area contributed by atoms with Crippen molar-refractivity contribution in [1.29, 1.82) is 0 Å². The van der Waals surface area contributed by atoms with Crippen LogP contribution in [0.5, 0.6) is 0 Å². The molecule has 1 amide bonds. The number of carbonyl (C=O) groups excluding carboxylic acids is 1. The van der Waals surface area contributed by atoms with Crippen molar-refractivity contribution in [2.45, 2.75) is 50.3 Å². The summed E-state index contributed by atoms with van der Waals surface area (Å²) in [5, 5.41) is 6.56. The molecule has 8 nitrogen and oxygen atoms in total. The van der Waals surface area contributed by atoms with Gasteiger partial charge in [0.1, 0.15) is 11.7 Å². The van der Waals surface area contributed by atoms with Gasteiger partial charge < -0.3 is 19.5 Å². The Labute approximate surface area is 152 Å². The number of fused-ring (bicyclic) bond motifs is 1. The molecule has 0 radical (unpaired) electrons. The van der Waals surface area contributed by atoms with Gasteiger partial charge in [-0.05, 0) is 31.9 Å². The molecular weight excluding hydrogens is 336 g/mol. The Hall–Kier alpha value is -2.12. The third-order valence-electron chi connectivity index (χ3n) is 4.84. The highest BCUT2D eigenvalue weighted by atomic mass is 16.8. The van der Waals surface area contributed by atoms with Crippen LogP contribution in [-0.4, -0.2) is 49.2 Å². The van der Waals surface area contributed by atoms with Crippen molar-refractivity contribution in [3.8, 4) is 0 Å². The SMILES string of the molecule is CC(C(=O)NC[C@]12CO[C@H](CN=[N+]=[N-])[C@H]1OC(C)(C)O2)c1ccccc1. The zero-order valence-corrected chi connectivity index (χ0v) is 15.2. The normalized spacial score (nSPS) is 30.3. The van der Waals surface area contributed by atoms with E-state index in [0.29, 0.717) is 0 Å². The molecule has 140 valence electrons. The lowest BCUT2D eigenvalue weighted by molar-refractivity contribution is -0.188. The molecule has 1 N–H and O–H groups in total. The second-order valence-corrected chi connectivity index (χ2v) is 7.22. The smallest absolute Gasteiger partial charge is 0.227 e. The van der Waals surface area contributed by atoms with E-state index in [4.69, 9.17) is 19.7 Å². The van der Waals surface area contributed by atoms with Crippen LogP contribution in [0.15, 0.2) is 35.4 Å². The lowest BCUT2D eigenvalue weighted by atomic mass is 9.95. The van der Waals surface area contributed by atoms with Gasteiger partial charge in [0.05, 0.1) is 31.7 Å². The molecule has 1 unspecified atom stereocenters. The highest BCUT2D eigenvalue weighted by Gasteiger charge is 2.60. The Bertz CT molecular complexity index is 704. The Kier molecular flexibility index (Phi) is 5.20. The minimum atomic E-state index is -0.793. The Morgan fingerprint density at radius 3 is 2.85 bits per heavy atom. The molecule has 0 bridgehead atoms. The number of hydrogen-bond donors (Lipinski definition) is 1. The van der Waals surface area contributed by atoms with Crippen molar-refractivity contribution < 1.29 is 19.0 Å². The maximum Gasteiger partial charge on any atom is 0.227 e. The quantitative estimate of drug-likeness (QED) is 0.478. The van der Waals surface area contributed by atoms with Gasteiger partial charge in [-0.15, -0.1) is 0 Å². The topological polar surface area (TPSA) is 106 Å². The van der Waals surface area contributed by atoms with Gasteiger partial charge in [0.15, 0.2) is 5.79 Å². The first-order valence-electron chi connectivity index (χ1n) is 8.70. The first-order valence-corrected chi connectivity index (χ1v) is 8.70. The summed E-state index contributed by atoms with van der Waals surface area (Å²) in [5.74, 6) is -1.16. The standard InChI is InChI=1S/C18H24N4O4/c1-12(13-7-5-4-6-8-13)16(23)20-10-18-11-24-14(9-21-22-19)15(18)25-17(2,3)26-18/h4-8,12,14-15H,9-11H2,1-3H3,(H,20,23)/t12?,14-,15-,18+/m1/s1. The molecule has 4 atom stereocenters. The summed E-state index contributed by atoms with van der Waals surface area (Å²) in [6.07, 6.45) is -0.800. The van der Waals surface area contributed by atoms with E-state index in [1.54, 1.807) is 0 Å². The zero-order valence-electron chi connectivity index (χ0n) is 15.2. The van der Waals surface area contributed by atoms with E-state index in [1.807, 2.05) is 51.1 Å². The maximum atomic E-state index is 12.6. The fourth-order valence-corrected chi connectivity index (χ4v) is 3.58. The van der Waals surface area contributed by atoms with Gasteiger partial charge in [-0.1, -0.05) is 35.4 Å². The van der Waals surface area contributed by atoms with E-state index >= 15 is 0 Å². The summed E-state index contributed by atoms with van der Waals surface area (Å²) in [5.41, 5.74) is 8.72. The number of rotatable bonds is 6. The van der Waals surface area contributed by atoms with Crippen LogP contribution in [0.25, 0.3) is 10.4 Å². The summed E-state index contributed by atoms with van der Waals surface area (Å²) in [7, 11) is 0. The third kappa shape index (κ3) is 3.68. The monoisotopic (exact) mass is 360 g/mol. The minimum absolute atomic E-state index is 0.0869. The number of nitrogens with zero attached hydrogens (tertiary/aromatic N) is 3. The Morgan fingerprint density at radius 2 is 2.15 bits per heavy atom. The van der Waals surface area contributed by atoms with Crippen molar-refractivity contribution in [2.24, 2.45) is 5.11 Å². The summed E-state index contributed by atoms with van der Waals surface area (Å²) >= 11 is 0. The Morgan fingerprint density at radius 1 is 1.42 bits per heavy atom. The summed E-state index contributed by atoms with van der Waals surface area (Å²) in [6, 6.07) is 9.60. The predicted octanol–water partition coefficient (Wildman–Crippen LogP) is 2.51. The average molecular weight is 360 g/mol. The van der Waals surface area contributed by atoms with E-state index in [-0.39, 0.29) is 31.5 Å². The predicted molar refractivity (Wildman–Crippen MR) is 94.4 cm³/mol. The molecule has 2 saturated heterocycles. The zero-order chi connectivity index (χ0) is 18.8. The largest absolute Gasteiger partial charge is 0.372 e. The molecule has 0 aromatic heterocycles. The number of hydrogen-bond acceptors (Lipinski definition) is 5. The van der Waals surface area contributed by atoms with Crippen molar-refractivity contribution in [2.75, 3.05) is 19.7 Å². The number of amides is 1. The maximum absolute atomic E-state index is 12.6. The highest BCUT2D eigenvalue weighted by molar-refractivity contribution is 5.83. The lowest BCUT2D eigenvalue weighted by Crippen LogP contribution is -2.51. The molecular formula is C18H24N4O4. The van der Waals surface area contributed by atoms with Gasteiger partial charge in [-0.2, -0.15) is 0 Å².